The number of amides is 2. The zero-order chi connectivity index (χ0) is 22.4. The molecule has 0 radical (unpaired) electrons. The number of nitrogens with zero attached hydrogens (tertiary/aromatic N) is 2. The first kappa shape index (κ1) is 23.2. The first-order chi connectivity index (χ1) is 14.9. The molecule has 1 atom stereocenters. The van der Waals surface area contributed by atoms with Gasteiger partial charge in [-0.05, 0) is 62.0 Å². The third-order valence-corrected chi connectivity index (χ3v) is 6.44. The molecule has 1 aliphatic rings. The van der Waals surface area contributed by atoms with Gasteiger partial charge in [0.1, 0.15) is 11.8 Å². The van der Waals surface area contributed by atoms with Gasteiger partial charge in [0.15, 0.2) is 5.13 Å². The van der Waals surface area contributed by atoms with E-state index < -0.39 is 6.04 Å². The van der Waals surface area contributed by atoms with Crippen molar-refractivity contribution in [1.29, 1.82) is 0 Å². The fourth-order valence-corrected chi connectivity index (χ4v) is 4.28. The number of hydrogen-bond donors (Lipinski definition) is 2. The molecule has 3 rings (SSSR count). The van der Waals surface area contributed by atoms with E-state index in [1.807, 2.05) is 19.2 Å². The van der Waals surface area contributed by atoms with Crippen LogP contribution in [0.1, 0.15) is 49.7 Å². The lowest BCUT2D eigenvalue weighted by Gasteiger charge is -2.29. The molecule has 0 spiro atoms. The van der Waals surface area contributed by atoms with E-state index in [0.29, 0.717) is 16.4 Å². The van der Waals surface area contributed by atoms with Crippen LogP contribution in [0.2, 0.25) is 0 Å². The quantitative estimate of drug-likeness (QED) is 0.647. The minimum Gasteiger partial charge on any atom is -0.497 e. The normalized spacial score (nSPS) is 16.2. The number of carbonyl (C=O) groups excluding carboxylic acids is 2. The van der Waals surface area contributed by atoms with Gasteiger partial charge >= 0.3 is 0 Å². The van der Waals surface area contributed by atoms with Crippen LogP contribution in [0.15, 0.2) is 29.6 Å². The van der Waals surface area contributed by atoms with Gasteiger partial charge in [-0.2, -0.15) is 0 Å². The van der Waals surface area contributed by atoms with Crippen molar-refractivity contribution in [3.63, 3.8) is 0 Å². The number of rotatable bonds is 8. The molecule has 0 bridgehead atoms. The summed E-state index contributed by atoms with van der Waals surface area (Å²) in [5, 5.41) is 8.28. The lowest BCUT2D eigenvalue weighted by molar-refractivity contribution is -0.118. The minimum absolute atomic E-state index is 0.0722. The van der Waals surface area contributed by atoms with Gasteiger partial charge < -0.3 is 15.4 Å². The molecule has 2 aromatic rings. The summed E-state index contributed by atoms with van der Waals surface area (Å²) in [6.07, 6.45) is 2.44. The lowest BCUT2D eigenvalue weighted by Crippen LogP contribution is -2.47. The van der Waals surface area contributed by atoms with Gasteiger partial charge in [0.05, 0.1) is 12.8 Å². The Morgan fingerprint density at radius 1 is 1.23 bits per heavy atom. The number of piperidine rings is 1. The van der Waals surface area contributed by atoms with Crippen LogP contribution in [0, 0.1) is 11.8 Å². The summed E-state index contributed by atoms with van der Waals surface area (Å²) in [5.41, 5.74) is 1.45. The number of thiazole rings is 1. The maximum Gasteiger partial charge on any atom is 0.251 e. The Balaban J connectivity index is 1.57. The average molecular weight is 445 g/mol. The number of hydrogen-bond acceptors (Lipinski definition) is 6. The van der Waals surface area contributed by atoms with Gasteiger partial charge in [0.25, 0.3) is 5.91 Å². The minimum atomic E-state index is -0.662. The lowest BCUT2D eigenvalue weighted by atomic mass is 9.99. The van der Waals surface area contributed by atoms with Crippen LogP contribution in [0.3, 0.4) is 0 Å². The second-order valence-electron chi connectivity index (χ2n) is 8.52. The van der Waals surface area contributed by atoms with E-state index in [-0.39, 0.29) is 17.7 Å². The van der Waals surface area contributed by atoms with Crippen molar-refractivity contribution in [3.8, 4) is 5.75 Å². The van der Waals surface area contributed by atoms with Gasteiger partial charge in [0.2, 0.25) is 5.91 Å². The molecule has 1 unspecified atom stereocenters. The van der Waals surface area contributed by atoms with Crippen LogP contribution >= 0.6 is 11.3 Å². The molecular weight excluding hydrogens is 412 g/mol. The van der Waals surface area contributed by atoms with E-state index in [4.69, 9.17) is 4.74 Å². The van der Waals surface area contributed by atoms with E-state index in [0.717, 1.165) is 31.2 Å². The van der Waals surface area contributed by atoms with Gasteiger partial charge in [-0.15, -0.1) is 11.3 Å². The summed E-state index contributed by atoms with van der Waals surface area (Å²) in [6.45, 7) is 9.10. The first-order valence-corrected chi connectivity index (χ1v) is 11.7. The van der Waals surface area contributed by atoms with Crippen LogP contribution in [0.5, 0.6) is 5.75 Å². The summed E-state index contributed by atoms with van der Waals surface area (Å²) < 4.78 is 5.12. The molecule has 1 aromatic heterocycles. The van der Waals surface area contributed by atoms with E-state index in [1.165, 1.54) is 24.2 Å². The summed E-state index contributed by atoms with van der Waals surface area (Å²) >= 11 is 1.42. The van der Waals surface area contributed by atoms with E-state index in [2.05, 4.69) is 27.4 Å². The highest BCUT2D eigenvalue weighted by Crippen LogP contribution is 2.21. The first-order valence-electron chi connectivity index (χ1n) is 10.8. The average Bonchev–Trinajstić information content (AvgIpc) is 3.19. The Labute approximate surface area is 188 Å². The zero-order valence-electron chi connectivity index (χ0n) is 18.7. The predicted octanol–water partition coefficient (Wildman–Crippen LogP) is 3.78. The third kappa shape index (κ3) is 6.51. The molecule has 1 aromatic carbocycles. The van der Waals surface area contributed by atoms with Crippen molar-refractivity contribution >= 4 is 28.3 Å². The summed E-state index contributed by atoms with van der Waals surface area (Å²) in [4.78, 5) is 32.5. The van der Waals surface area contributed by atoms with E-state index in [9.17, 15) is 9.59 Å². The zero-order valence-corrected chi connectivity index (χ0v) is 19.5. The molecule has 2 heterocycles. The Bertz CT molecular complexity index is 873. The van der Waals surface area contributed by atoms with Crippen molar-refractivity contribution in [2.75, 3.05) is 25.5 Å². The van der Waals surface area contributed by atoms with Crippen LogP contribution in [0.4, 0.5) is 5.13 Å². The van der Waals surface area contributed by atoms with Crippen molar-refractivity contribution in [1.82, 2.24) is 15.2 Å². The molecule has 1 fully saturated rings. The van der Waals surface area contributed by atoms with Crippen LogP contribution in [0.25, 0.3) is 0 Å². The molecule has 8 heteroatoms. The topological polar surface area (TPSA) is 83.6 Å². The molecule has 31 heavy (non-hydrogen) atoms. The fraction of sp³-hybridized carbons (Fsp3) is 0.522. The Hall–Kier alpha value is -2.45. The molecule has 168 valence electrons. The number of aromatic nitrogens is 1. The second-order valence-corrected chi connectivity index (χ2v) is 9.37. The number of methoxy groups -OCH3 is 1. The summed E-state index contributed by atoms with van der Waals surface area (Å²) in [7, 11) is 1.57. The molecule has 2 amide bonds. The molecule has 0 aliphatic carbocycles. The van der Waals surface area contributed by atoms with Gasteiger partial charge in [-0.3, -0.25) is 14.5 Å². The van der Waals surface area contributed by atoms with Gasteiger partial charge in [0, 0.05) is 17.5 Å². The van der Waals surface area contributed by atoms with Crippen LogP contribution in [-0.4, -0.2) is 47.9 Å². The summed E-state index contributed by atoms with van der Waals surface area (Å²) in [5.74, 6) is 0.841. The Kier molecular flexibility index (Phi) is 8.03. The highest BCUT2D eigenvalue weighted by Gasteiger charge is 2.26. The Morgan fingerprint density at radius 3 is 2.52 bits per heavy atom. The maximum absolute atomic E-state index is 12.9. The van der Waals surface area contributed by atoms with Crippen molar-refractivity contribution < 1.29 is 14.3 Å². The van der Waals surface area contributed by atoms with Crippen molar-refractivity contribution in [2.24, 2.45) is 11.8 Å². The SMILES string of the molecule is COc1ccc(C(=O)NC(C(=O)Nc2nc(CN3CCC(C)CC3)cs2)C(C)C)cc1. The number of benzene rings is 1. The molecule has 1 aliphatic heterocycles. The number of nitrogens with one attached hydrogen (secondary N) is 2. The molecule has 0 saturated carbocycles. The van der Waals surface area contributed by atoms with Crippen LogP contribution in [-0.2, 0) is 11.3 Å². The molecule has 1 saturated heterocycles. The fourth-order valence-electron chi connectivity index (χ4n) is 3.57. The Morgan fingerprint density at radius 2 is 1.90 bits per heavy atom. The van der Waals surface area contributed by atoms with Crippen molar-refractivity contribution in [3.05, 3.63) is 40.9 Å². The molecule has 2 N–H and O–H groups in total. The predicted molar refractivity (Wildman–Crippen MR) is 124 cm³/mol. The monoisotopic (exact) mass is 444 g/mol. The number of likely N-dealkylation sites (tertiary alicyclic amines) is 1. The number of anilines is 1. The smallest absolute Gasteiger partial charge is 0.251 e. The van der Waals surface area contributed by atoms with E-state index in [1.54, 1.807) is 31.4 Å². The summed E-state index contributed by atoms with van der Waals surface area (Å²) in [6, 6.07) is 6.14. The third-order valence-electron chi connectivity index (χ3n) is 5.63. The molecule has 7 nitrogen and oxygen atoms in total. The highest BCUT2D eigenvalue weighted by molar-refractivity contribution is 7.13. The standard InChI is InChI=1S/C23H32N4O3S/c1-15(2)20(25-21(28)17-5-7-19(30-4)8-6-17)22(29)26-23-24-18(14-31-23)13-27-11-9-16(3)10-12-27/h5-8,14-16,20H,9-13H2,1-4H3,(H,25,28)(H,24,26,29). The maximum atomic E-state index is 12.9. The van der Waals surface area contributed by atoms with E-state index >= 15 is 0 Å². The largest absolute Gasteiger partial charge is 0.497 e. The number of carbonyl (C=O) groups is 2. The molecular formula is C23H32N4O3S. The number of ether oxygens (including phenoxy) is 1. The van der Waals surface area contributed by atoms with Gasteiger partial charge in [-0.25, -0.2) is 4.98 Å². The highest BCUT2D eigenvalue weighted by atomic mass is 32.1. The van der Waals surface area contributed by atoms with Crippen molar-refractivity contribution in [2.45, 2.75) is 46.2 Å². The van der Waals surface area contributed by atoms with Crippen LogP contribution < -0.4 is 15.4 Å². The second kappa shape index (κ2) is 10.7. The van der Waals surface area contributed by atoms with Gasteiger partial charge in [-0.1, -0.05) is 20.8 Å².